The standard InChI is InChI=1S/C23H26N4O/c1-18-7-5-10-20(15-18)21-11-6-13-26(16-21)23(28)22-17-27(25-24-22)14-12-19-8-3-2-4-9-19/h2-5,7-10,15,17,21H,6,11-14,16H2,1H3/t21-/m1/s1. The zero-order valence-electron chi connectivity index (χ0n) is 16.3. The van der Waals surface area contributed by atoms with Gasteiger partial charge in [0.15, 0.2) is 5.69 Å². The minimum atomic E-state index is -0.0108. The van der Waals surface area contributed by atoms with Gasteiger partial charge in [-0.15, -0.1) is 5.10 Å². The number of amides is 1. The number of nitrogens with zero attached hydrogens (tertiary/aromatic N) is 4. The fraction of sp³-hybridized carbons (Fsp3) is 0.348. The number of aromatic nitrogens is 3. The van der Waals surface area contributed by atoms with Crippen LogP contribution in [0, 0.1) is 6.92 Å². The first kappa shape index (κ1) is 18.4. The smallest absolute Gasteiger partial charge is 0.276 e. The number of carbonyl (C=O) groups excluding carboxylic acids is 1. The van der Waals surface area contributed by atoms with Crippen LogP contribution >= 0.6 is 0 Å². The van der Waals surface area contributed by atoms with Crippen LogP contribution in [-0.2, 0) is 13.0 Å². The molecule has 0 N–H and O–H groups in total. The SMILES string of the molecule is Cc1cccc([C@@H]2CCCN(C(=O)c3cn(CCc4ccccc4)nn3)C2)c1. The number of aryl methyl sites for hydroxylation is 3. The van der Waals surface area contributed by atoms with Crippen LogP contribution in [0.5, 0.6) is 0 Å². The zero-order valence-corrected chi connectivity index (χ0v) is 16.3. The Morgan fingerprint density at radius 2 is 2.00 bits per heavy atom. The lowest BCUT2D eigenvalue weighted by molar-refractivity contribution is 0.0701. The van der Waals surface area contributed by atoms with E-state index in [1.54, 1.807) is 10.9 Å². The summed E-state index contributed by atoms with van der Waals surface area (Å²) in [5.74, 6) is 0.383. The molecule has 1 fully saturated rings. The van der Waals surface area contributed by atoms with Gasteiger partial charge in [-0.05, 0) is 37.3 Å². The molecule has 28 heavy (non-hydrogen) atoms. The topological polar surface area (TPSA) is 51.0 Å². The maximum Gasteiger partial charge on any atom is 0.276 e. The van der Waals surface area contributed by atoms with Gasteiger partial charge in [-0.1, -0.05) is 65.4 Å². The van der Waals surface area contributed by atoms with E-state index < -0.39 is 0 Å². The van der Waals surface area contributed by atoms with E-state index in [0.29, 0.717) is 11.6 Å². The van der Waals surface area contributed by atoms with Gasteiger partial charge < -0.3 is 4.90 Å². The van der Waals surface area contributed by atoms with Crippen molar-refractivity contribution in [1.82, 2.24) is 19.9 Å². The second-order valence-electron chi connectivity index (χ2n) is 7.61. The number of likely N-dealkylation sites (tertiary alicyclic amines) is 1. The molecule has 1 amide bonds. The van der Waals surface area contributed by atoms with E-state index in [4.69, 9.17) is 0 Å². The van der Waals surface area contributed by atoms with Gasteiger partial charge >= 0.3 is 0 Å². The summed E-state index contributed by atoms with van der Waals surface area (Å²) in [5.41, 5.74) is 4.28. The molecule has 2 heterocycles. The van der Waals surface area contributed by atoms with Crippen molar-refractivity contribution in [3.8, 4) is 0 Å². The normalized spacial score (nSPS) is 16.9. The molecule has 5 nitrogen and oxygen atoms in total. The lowest BCUT2D eigenvalue weighted by atomic mass is 9.90. The third-order valence-electron chi connectivity index (χ3n) is 5.45. The third-order valence-corrected chi connectivity index (χ3v) is 5.45. The van der Waals surface area contributed by atoms with Crippen LogP contribution in [0.3, 0.4) is 0 Å². The van der Waals surface area contributed by atoms with Gasteiger partial charge in [-0.3, -0.25) is 9.48 Å². The van der Waals surface area contributed by atoms with E-state index >= 15 is 0 Å². The lowest BCUT2D eigenvalue weighted by Gasteiger charge is -2.32. The molecule has 0 saturated carbocycles. The summed E-state index contributed by atoms with van der Waals surface area (Å²) in [5, 5.41) is 8.29. The second-order valence-corrected chi connectivity index (χ2v) is 7.61. The minimum absolute atomic E-state index is 0.0108. The molecule has 1 aliphatic rings. The number of rotatable bonds is 5. The molecule has 5 heteroatoms. The van der Waals surface area contributed by atoms with Crippen LogP contribution in [-0.4, -0.2) is 38.9 Å². The van der Waals surface area contributed by atoms with Crippen LogP contribution in [0.1, 0.15) is 45.9 Å². The highest BCUT2D eigenvalue weighted by Gasteiger charge is 2.27. The summed E-state index contributed by atoms with van der Waals surface area (Å²) in [6, 6.07) is 18.9. The van der Waals surface area contributed by atoms with E-state index in [1.165, 1.54) is 16.7 Å². The van der Waals surface area contributed by atoms with E-state index in [-0.39, 0.29) is 5.91 Å². The molecule has 1 aliphatic heterocycles. The van der Waals surface area contributed by atoms with Gasteiger partial charge in [-0.25, -0.2) is 0 Å². The highest BCUT2D eigenvalue weighted by atomic mass is 16.2. The number of benzene rings is 2. The van der Waals surface area contributed by atoms with Gasteiger partial charge in [0.2, 0.25) is 0 Å². The number of carbonyl (C=O) groups is 1. The quantitative estimate of drug-likeness (QED) is 0.682. The minimum Gasteiger partial charge on any atom is -0.337 e. The fourth-order valence-electron chi connectivity index (χ4n) is 3.91. The first-order chi connectivity index (χ1) is 13.7. The van der Waals surface area contributed by atoms with Crippen LogP contribution in [0.25, 0.3) is 0 Å². The summed E-state index contributed by atoms with van der Waals surface area (Å²) < 4.78 is 1.77. The fourth-order valence-corrected chi connectivity index (χ4v) is 3.91. The molecule has 1 saturated heterocycles. The van der Waals surface area contributed by atoms with E-state index in [0.717, 1.165) is 38.9 Å². The van der Waals surface area contributed by atoms with Crippen molar-refractivity contribution in [2.24, 2.45) is 0 Å². The Kier molecular flexibility index (Phi) is 5.51. The average Bonchev–Trinajstić information content (AvgIpc) is 3.22. The molecule has 1 aromatic heterocycles. The van der Waals surface area contributed by atoms with Crippen LogP contribution in [0.15, 0.2) is 60.8 Å². The van der Waals surface area contributed by atoms with Crippen molar-refractivity contribution in [2.45, 2.75) is 38.6 Å². The first-order valence-corrected chi connectivity index (χ1v) is 9.99. The Balaban J connectivity index is 1.39. The van der Waals surface area contributed by atoms with Gasteiger partial charge in [0.25, 0.3) is 5.91 Å². The lowest BCUT2D eigenvalue weighted by Crippen LogP contribution is -2.39. The van der Waals surface area contributed by atoms with Crippen LogP contribution in [0.4, 0.5) is 0 Å². The van der Waals surface area contributed by atoms with Crippen LogP contribution < -0.4 is 0 Å². The zero-order chi connectivity index (χ0) is 19.3. The molecular weight excluding hydrogens is 348 g/mol. The summed E-state index contributed by atoms with van der Waals surface area (Å²) >= 11 is 0. The van der Waals surface area contributed by atoms with Gasteiger partial charge in [0.05, 0.1) is 6.20 Å². The first-order valence-electron chi connectivity index (χ1n) is 9.99. The molecular formula is C23H26N4O. The van der Waals surface area contributed by atoms with E-state index in [2.05, 4.69) is 53.6 Å². The number of hydrogen-bond donors (Lipinski definition) is 0. The predicted molar refractivity (Wildman–Crippen MR) is 109 cm³/mol. The van der Waals surface area contributed by atoms with Gasteiger partial charge in [0.1, 0.15) is 0 Å². The summed E-state index contributed by atoms with van der Waals surface area (Å²) in [4.78, 5) is 14.9. The van der Waals surface area contributed by atoms with Crippen LogP contribution in [0.2, 0.25) is 0 Å². The van der Waals surface area contributed by atoms with Crippen molar-refractivity contribution in [3.63, 3.8) is 0 Å². The van der Waals surface area contributed by atoms with Crippen molar-refractivity contribution in [2.75, 3.05) is 13.1 Å². The largest absolute Gasteiger partial charge is 0.337 e. The number of piperidine rings is 1. The van der Waals surface area contributed by atoms with Crippen molar-refractivity contribution >= 4 is 5.91 Å². The maximum absolute atomic E-state index is 12.9. The molecule has 0 aliphatic carbocycles. The van der Waals surface area contributed by atoms with Crippen molar-refractivity contribution in [3.05, 3.63) is 83.2 Å². The Morgan fingerprint density at radius 1 is 1.14 bits per heavy atom. The third kappa shape index (κ3) is 4.30. The molecule has 0 spiro atoms. The molecule has 0 unspecified atom stereocenters. The molecule has 144 valence electrons. The average molecular weight is 374 g/mol. The van der Waals surface area contributed by atoms with Gasteiger partial charge in [-0.2, -0.15) is 0 Å². The summed E-state index contributed by atoms with van der Waals surface area (Å²) in [6.45, 7) is 4.37. The molecule has 0 bridgehead atoms. The summed E-state index contributed by atoms with van der Waals surface area (Å²) in [7, 11) is 0. The highest BCUT2D eigenvalue weighted by molar-refractivity contribution is 5.92. The molecule has 4 rings (SSSR count). The van der Waals surface area contributed by atoms with Crippen molar-refractivity contribution in [1.29, 1.82) is 0 Å². The Morgan fingerprint density at radius 3 is 2.82 bits per heavy atom. The second kappa shape index (κ2) is 8.38. The van der Waals surface area contributed by atoms with Gasteiger partial charge in [0, 0.05) is 25.6 Å². The molecule has 2 aromatic carbocycles. The Hall–Kier alpha value is -2.95. The van der Waals surface area contributed by atoms with E-state index in [9.17, 15) is 4.79 Å². The maximum atomic E-state index is 12.9. The molecule has 1 atom stereocenters. The Labute approximate surface area is 166 Å². The molecule has 3 aromatic rings. The monoisotopic (exact) mass is 374 g/mol. The van der Waals surface area contributed by atoms with E-state index in [1.807, 2.05) is 23.1 Å². The highest BCUT2D eigenvalue weighted by Crippen LogP contribution is 2.28. The summed E-state index contributed by atoms with van der Waals surface area (Å²) in [6.07, 6.45) is 4.79. The predicted octanol–water partition coefficient (Wildman–Crippen LogP) is 3.85. The Bertz CT molecular complexity index is 935. The molecule has 0 radical (unpaired) electrons. The van der Waals surface area contributed by atoms with Crippen molar-refractivity contribution < 1.29 is 4.79 Å². The number of hydrogen-bond acceptors (Lipinski definition) is 3.